The van der Waals surface area contributed by atoms with Crippen molar-refractivity contribution < 1.29 is 9.18 Å². The number of hydrogen-bond donors (Lipinski definition) is 2. The molecule has 0 saturated heterocycles. The number of imidazole rings is 1. The Labute approximate surface area is 165 Å². The fourth-order valence-electron chi connectivity index (χ4n) is 3.37. The average Bonchev–Trinajstić information content (AvgIpc) is 3.26. The van der Waals surface area contributed by atoms with Gasteiger partial charge in [-0.25, -0.2) is 14.4 Å². The first kappa shape index (κ1) is 17.6. The smallest absolute Gasteiger partial charge is 0.217 e. The number of fused-ring (bicyclic) bond motifs is 3. The molecule has 148 valence electrons. The maximum Gasteiger partial charge on any atom is 0.217 e. The number of rotatable bonds is 5. The zero-order valence-electron chi connectivity index (χ0n) is 16.1. The van der Waals surface area contributed by atoms with Gasteiger partial charge in [0, 0.05) is 43.8 Å². The third-order valence-electron chi connectivity index (χ3n) is 5.04. The molecule has 1 saturated carbocycles. The van der Waals surface area contributed by atoms with E-state index >= 15 is 0 Å². The topological polar surface area (TPSA) is 89.1 Å². The predicted octanol–water partition coefficient (Wildman–Crippen LogP) is 2.63. The first-order chi connectivity index (χ1) is 14.0. The molecule has 1 aromatic carbocycles. The number of carbonyl (C=O) groups is 1. The van der Waals surface area contributed by atoms with Crippen LogP contribution in [0.15, 0.2) is 30.6 Å². The lowest BCUT2D eigenvalue weighted by atomic mass is 10.1. The number of benzene rings is 1. The van der Waals surface area contributed by atoms with E-state index in [0.29, 0.717) is 22.9 Å². The minimum absolute atomic E-state index is 0.127. The molecule has 1 fully saturated rings. The molecule has 0 atom stereocenters. The summed E-state index contributed by atoms with van der Waals surface area (Å²) in [5.74, 6) is 0.183. The summed E-state index contributed by atoms with van der Waals surface area (Å²) in [4.78, 5) is 20.4. The third-order valence-corrected chi connectivity index (χ3v) is 5.04. The number of nitrogens with zero attached hydrogens (tertiary/aromatic N) is 5. The first-order valence-corrected chi connectivity index (χ1v) is 9.50. The van der Waals surface area contributed by atoms with Crippen LogP contribution in [0.1, 0.15) is 25.3 Å². The van der Waals surface area contributed by atoms with E-state index in [1.54, 1.807) is 23.0 Å². The molecule has 3 aromatic heterocycles. The van der Waals surface area contributed by atoms with Crippen molar-refractivity contribution in [2.45, 2.75) is 32.4 Å². The predicted molar refractivity (Wildman–Crippen MR) is 107 cm³/mol. The highest BCUT2D eigenvalue weighted by Crippen LogP contribution is 2.30. The van der Waals surface area contributed by atoms with Crippen LogP contribution in [0.3, 0.4) is 0 Å². The zero-order valence-corrected chi connectivity index (χ0v) is 16.1. The summed E-state index contributed by atoms with van der Waals surface area (Å²) >= 11 is 0. The van der Waals surface area contributed by atoms with Crippen LogP contribution >= 0.6 is 0 Å². The van der Waals surface area contributed by atoms with Gasteiger partial charge >= 0.3 is 0 Å². The second kappa shape index (κ2) is 6.54. The van der Waals surface area contributed by atoms with E-state index < -0.39 is 0 Å². The van der Waals surface area contributed by atoms with E-state index in [0.717, 1.165) is 35.4 Å². The lowest BCUT2D eigenvalue weighted by molar-refractivity contribution is -0.119. The molecule has 0 radical (unpaired) electrons. The van der Waals surface area contributed by atoms with Crippen molar-refractivity contribution in [3.63, 3.8) is 0 Å². The summed E-state index contributed by atoms with van der Waals surface area (Å²) in [5, 5.41) is 10.8. The summed E-state index contributed by atoms with van der Waals surface area (Å²) in [6.45, 7) is 1.53. The summed E-state index contributed by atoms with van der Waals surface area (Å²) in [6, 6.07) is 7.10. The van der Waals surface area contributed by atoms with Crippen LogP contribution in [-0.2, 0) is 18.4 Å². The number of halogens is 1. The van der Waals surface area contributed by atoms with Crippen molar-refractivity contribution in [2.24, 2.45) is 7.05 Å². The Bertz CT molecular complexity index is 1250. The Morgan fingerprint density at radius 1 is 1.31 bits per heavy atom. The number of anilines is 1. The van der Waals surface area contributed by atoms with Crippen molar-refractivity contribution in [2.75, 3.05) is 5.32 Å². The van der Waals surface area contributed by atoms with Gasteiger partial charge in [0.15, 0.2) is 22.6 Å². The van der Waals surface area contributed by atoms with Crippen LogP contribution in [0, 0.1) is 5.82 Å². The Kier molecular flexibility index (Phi) is 3.97. The van der Waals surface area contributed by atoms with Crippen LogP contribution in [-0.4, -0.2) is 36.1 Å². The van der Waals surface area contributed by atoms with E-state index in [-0.39, 0.29) is 18.3 Å². The first-order valence-electron chi connectivity index (χ1n) is 9.50. The van der Waals surface area contributed by atoms with Crippen molar-refractivity contribution in [1.29, 1.82) is 0 Å². The standard InChI is InChI=1S/C20H20FN7O/c1-11(29)22-9-13-7-12(3-6-15(13)21)16-8-17-25-19(24-14-4-5-14)18-20(28(17)26-16)27(2)10-23-18/h3,6-8,10,14H,4-5,9H2,1-2H3,(H,22,29)(H,24,25). The van der Waals surface area contributed by atoms with Crippen LogP contribution < -0.4 is 10.6 Å². The normalized spacial score (nSPS) is 13.9. The molecule has 2 N–H and O–H groups in total. The number of amides is 1. The Balaban J connectivity index is 1.61. The lowest BCUT2D eigenvalue weighted by Crippen LogP contribution is -2.19. The Morgan fingerprint density at radius 2 is 2.14 bits per heavy atom. The maximum absolute atomic E-state index is 14.1. The zero-order chi connectivity index (χ0) is 20.1. The largest absolute Gasteiger partial charge is 0.365 e. The highest BCUT2D eigenvalue weighted by Gasteiger charge is 2.24. The monoisotopic (exact) mass is 393 g/mol. The van der Waals surface area contributed by atoms with Crippen molar-refractivity contribution in [1.82, 2.24) is 29.5 Å². The average molecular weight is 393 g/mol. The van der Waals surface area contributed by atoms with Crippen LogP contribution in [0.4, 0.5) is 10.2 Å². The molecule has 1 aliphatic carbocycles. The third kappa shape index (κ3) is 3.18. The Morgan fingerprint density at radius 3 is 2.90 bits per heavy atom. The molecule has 5 rings (SSSR count). The fourth-order valence-corrected chi connectivity index (χ4v) is 3.37. The second-order valence-electron chi connectivity index (χ2n) is 7.42. The van der Waals surface area contributed by atoms with Crippen molar-refractivity contribution in [3.05, 3.63) is 42.0 Å². The highest BCUT2D eigenvalue weighted by molar-refractivity contribution is 5.86. The molecule has 4 aromatic rings. The maximum atomic E-state index is 14.1. The molecule has 0 unspecified atom stereocenters. The number of carbonyl (C=O) groups excluding carboxylic acids is 1. The van der Waals surface area contributed by atoms with E-state index in [9.17, 15) is 9.18 Å². The Hall–Kier alpha value is -3.49. The molecule has 1 aliphatic rings. The molecular weight excluding hydrogens is 373 g/mol. The van der Waals surface area contributed by atoms with Gasteiger partial charge in [-0.15, -0.1) is 0 Å². The molecule has 9 heteroatoms. The molecule has 29 heavy (non-hydrogen) atoms. The number of hydrogen-bond acceptors (Lipinski definition) is 5. The minimum atomic E-state index is -0.366. The molecule has 3 heterocycles. The van der Waals surface area contributed by atoms with Gasteiger partial charge in [0.05, 0.1) is 12.0 Å². The second-order valence-corrected chi connectivity index (χ2v) is 7.42. The van der Waals surface area contributed by atoms with Crippen molar-refractivity contribution in [3.8, 4) is 11.3 Å². The number of aryl methyl sites for hydroxylation is 1. The van der Waals surface area contributed by atoms with Gasteiger partial charge in [-0.3, -0.25) is 4.79 Å². The summed E-state index contributed by atoms with van der Waals surface area (Å²) < 4.78 is 17.8. The van der Waals surface area contributed by atoms with Crippen LogP contribution in [0.25, 0.3) is 28.1 Å². The quantitative estimate of drug-likeness (QED) is 0.544. The van der Waals surface area contributed by atoms with Gasteiger partial charge in [-0.1, -0.05) is 0 Å². The van der Waals surface area contributed by atoms with Gasteiger partial charge < -0.3 is 15.2 Å². The van der Waals surface area contributed by atoms with Gasteiger partial charge in [0.25, 0.3) is 0 Å². The van der Waals surface area contributed by atoms with E-state index in [1.807, 2.05) is 17.7 Å². The molecule has 0 spiro atoms. The summed E-state index contributed by atoms with van der Waals surface area (Å²) in [7, 11) is 1.92. The SMILES string of the molecule is CC(=O)NCc1cc(-c2cc3nc(NC4CC4)c4ncn(C)c4n3n2)ccc1F. The molecule has 8 nitrogen and oxygen atoms in total. The van der Waals surface area contributed by atoms with Crippen LogP contribution in [0.2, 0.25) is 0 Å². The molecule has 0 bridgehead atoms. The summed E-state index contributed by atoms with van der Waals surface area (Å²) in [5.41, 5.74) is 4.13. The van der Waals surface area contributed by atoms with Gasteiger partial charge in [0.1, 0.15) is 5.82 Å². The van der Waals surface area contributed by atoms with E-state index in [2.05, 4.69) is 15.6 Å². The number of aromatic nitrogens is 5. The number of nitrogens with one attached hydrogen (secondary N) is 2. The van der Waals surface area contributed by atoms with Crippen LogP contribution in [0.5, 0.6) is 0 Å². The lowest BCUT2D eigenvalue weighted by Gasteiger charge is -2.06. The molecule has 1 amide bonds. The van der Waals surface area contributed by atoms with Gasteiger partial charge in [0.2, 0.25) is 5.91 Å². The van der Waals surface area contributed by atoms with E-state index in [4.69, 9.17) is 10.1 Å². The van der Waals surface area contributed by atoms with E-state index in [1.165, 1.54) is 13.0 Å². The molecule has 0 aliphatic heterocycles. The molecular formula is C20H20FN7O. The highest BCUT2D eigenvalue weighted by atomic mass is 19.1. The van der Waals surface area contributed by atoms with Crippen molar-refractivity contribution >= 4 is 28.5 Å². The summed E-state index contributed by atoms with van der Waals surface area (Å²) in [6.07, 6.45) is 4.02. The minimum Gasteiger partial charge on any atom is -0.365 e. The van der Waals surface area contributed by atoms with Gasteiger partial charge in [-0.05, 0) is 31.0 Å². The fraction of sp³-hybridized carbons (Fsp3) is 0.300. The van der Waals surface area contributed by atoms with Gasteiger partial charge in [-0.2, -0.15) is 9.61 Å².